The Morgan fingerprint density at radius 3 is 2.69 bits per heavy atom. The highest BCUT2D eigenvalue weighted by molar-refractivity contribution is 8.00. The van der Waals surface area contributed by atoms with Crippen LogP contribution in [-0.4, -0.2) is 23.5 Å². The zero-order valence-corrected chi connectivity index (χ0v) is 17.0. The first kappa shape index (κ1) is 19.5. The summed E-state index contributed by atoms with van der Waals surface area (Å²) < 4.78 is 0. The zero-order chi connectivity index (χ0) is 20.4. The number of primary amides is 1. The minimum Gasteiger partial charge on any atom is -0.383 e. The van der Waals surface area contributed by atoms with Crippen LogP contribution in [0.4, 0.5) is 0 Å². The lowest BCUT2D eigenvalue weighted by Crippen LogP contribution is -2.25. The number of nitrogens with zero attached hydrogens (tertiary/aromatic N) is 1. The Morgan fingerprint density at radius 1 is 1.17 bits per heavy atom. The van der Waals surface area contributed by atoms with Crippen LogP contribution >= 0.6 is 11.8 Å². The van der Waals surface area contributed by atoms with Crippen molar-refractivity contribution in [2.75, 3.05) is 6.54 Å². The lowest BCUT2D eigenvalue weighted by Gasteiger charge is -2.25. The Labute approximate surface area is 174 Å². The zero-order valence-electron chi connectivity index (χ0n) is 16.2. The third kappa shape index (κ3) is 3.75. The molecule has 2 aliphatic carbocycles. The van der Waals surface area contributed by atoms with Crippen LogP contribution in [0.2, 0.25) is 0 Å². The molecular formula is C23H23N3O2S. The molecule has 148 valence electrons. The van der Waals surface area contributed by atoms with Crippen LogP contribution in [-0.2, 0) is 4.79 Å². The lowest BCUT2D eigenvalue weighted by atomic mass is 9.86. The van der Waals surface area contributed by atoms with Gasteiger partial charge in [-0.05, 0) is 24.3 Å². The van der Waals surface area contributed by atoms with E-state index in [-0.39, 0.29) is 24.3 Å². The van der Waals surface area contributed by atoms with Crippen molar-refractivity contribution < 1.29 is 9.59 Å². The lowest BCUT2D eigenvalue weighted by molar-refractivity contribution is -0.117. The summed E-state index contributed by atoms with van der Waals surface area (Å²) in [5, 5.41) is 15.3. The molecule has 0 unspecified atom stereocenters. The number of amides is 1. The second kappa shape index (κ2) is 8.30. The number of carbonyl (C=O) groups is 2. The van der Waals surface area contributed by atoms with E-state index in [2.05, 4.69) is 23.5 Å². The Bertz CT molecular complexity index is 1060. The van der Waals surface area contributed by atoms with E-state index in [0.29, 0.717) is 16.5 Å². The fourth-order valence-electron chi connectivity index (χ4n) is 4.23. The third-order valence-corrected chi connectivity index (χ3v) is 7.04. The summed E-state index contributed by atoms with van der Waals surface area (Å²) in [6.07, 6.45) is 6.46. The molecule has 5 nitrogen and oxygen atoms in total. The average molecular weight is 406 g/mol. The quantitative estimate of drug-likeness (QED) is 0.752. The van der Waals surface area contributed by atoms with Crippen LogP contribution in [0.1, 0.15) is 54.4 Å². The van der Waals surface area contributed by atoms with Crippen LogP contribution in [0.5, 0.6) is 0 Å². The summed E-state index contributed by atoms with van der Waals surface area (Å²) in [5.74, 6) is -0.699. The Kier molecular flexibility index (Phi) is 5.59. The van der Waals surface area contributed by atoms with Gasteiger partial charge in [0.2, 0.25) is 11.7 Å². The van der Waals surface area contributed by atoms with Gasteiger partial charge in [0.25, 0.3) is 0 Å². The summed E-state index contributed by atoms with van der Waals surface area (Å²) in [7, 11) is 0. The maximum atomic E-state index is 13.0. The Balaban J connectivity index is 1.78. The molecule has 0 heterocycles. The van der Waals surface area contributed by atoms with Gasteiger partial charge < -0.3 is 11.1 Å². The molecule has 6 heteroatoms. The van der Waals surface area contributed by atoms with Gasteiger partial charge in [0.1, 0.15) is 11.6 Å². The summed E-state index contributed by atoms with van der Waals surface area (Å²) in [5.41, 5.74) is 7.22. The number of rotatable bonds is 6. The molecule has 1 fully saturated rings. The molecule has 0 aliphatic heterocycles. The molecule has 0 saturated heterocycles. The van der Waals surface area contributed by atoms with Crippen LogP contribution in [0, 0.1) is 11.3 Å². The number of nitriles is 1. The van der Waals surface area contributed by atoms with Crippen molar-refractivity contribution in [3.05, 3.63) is 47.0 Å². The smallest absolute Gasteiger partial charge is 0.219 e. The fourth-order valence-corrected chi connectivity index (χ4v) is 5.60. The van der Waals surface area contributed by atoms with E-state index in [4.69, 9.17) is 5.73 Å². The van der Waals surface area contributed by atoms with E-state index in [1.807, 2.05) is 23.9 Å². The number of allylic oxidation sites excluding steroid dienone is 1. The highest BCUT2D eigenvalue weighted by Crippen LogP contribution is 2.42. The largest absolute Gasteiger partial charge is 0.383 e. The van der Waals surface area contributed by atoms with Gasteiger partial charge in [0.15, 0.2) is 0 Å². The molecule has 4 rings (SSSR count). The minimum absolute atomic E-state index is 0.0853. The SMILES string of the molecule is N#CC1=C(NCCC(N)=O)c2ccc(SC3CCCCC3)c3cccc(c23)C1=O. The molecule has 0 spiro atoms. The van der Waals surface area contributed by atoms with Gasteiger partial charge in [-0.2, -0.15) is 5.26 Å². The van der Waals surface area contributed by atoms with Crippen molar-refractivity contribution in [1.29, 1.82) is 5.26 Å². The first-order chi connectivity index (χ1) is 14.1. The van der Waals surface area contributed by atoms with Crippen molar-refractivity contribution in [2.45, 2.75) is 48.7 Å². The highest BCUT2D eigenvalue weighted by atomic mass is 32.2. The number of thioether (sulfide) groups is 1. The highest BCUT2D eigenvalue weighted by Gasteiger charge is 2.29. The number of nitrogens with one attached hydrogen (secondary N) is 1. The Hall–Kier alpha value is -2.78. The normalized spacial score (nSPS) is 16.7. The molecule has 2 aliphatic rings. The standard InChI is InChI=1S/C23H23N3O2S/c24-13-18-22(26-12-11-20(25)27)16-9-10-19(29-14-5-2-1-3-6-14)15-7-4-8-17(21(15)16)23(18)28/h4,7-10,14,26H,1-3,5-6,11-12H2,(H2,25,27). The molecule has 2 aromatic carbocycles. The number of nitrogens with two attached hydrogens (primary N) is 1. The first-order valence-corrected chi connectivity index (χ1v) is 10.9. The maximum absolute atomic E-state index is 13.0. The summed E-state index contributed by atoms with van der Waals surface area (Å²) in [4.78, 5) is 25.3. The van der Waals surface area contributed by atoms with Crippen molar-refractivity contribution >= 4 is 39.9 Å². The van der Waals surface area contributed by atoms with Gasteiger partial charge in [0.05, 0.1) is 5.70 Å². The van der Waals surface area contributed by atoms with Gasteiger partial charge in [0, 0.05) is 39.6 Å². The van der Waals surface area contributed by atoms with Gasteiger partial charge >= 0.3 is 0 Å². The number of Topliss-reactive ketones (excluding diaryl/α,β-unsaturated/α-hetero) is 1. The van der Waals surface area contributed by atoms with E-state index in [0.717, 1.165) is 16.3 Å². The van der Waals surface area contributed by atoms with E-state index in [1.54, 1.807) is 6.07 Å². The summed E-state index contributed by atoms with van der Waals surface area (Å²) >= 11 is 1.90. The number of carbonyl (C=O) groups excluding carboxylic acids is 2. The predicted octanol–water partition coefficient (Wildman–Crippen LogP) is 4.16. The van der Waals surface area contributed by atoms with E-state index < -0.39 is 5.91 Å². The first-order valence-electron chi connectivity index (χ1n) is 10.0. The molecule has 0 bridgehead atoms. The molecular weight excluding hydrogens is 382 g/mol. The minimum atomic E-state index is -0.427. The van der Waals surface area contributed by atoms with E-state index >= 15 is 0 Å². The fraction of sp³-hybridized carbons (Fsp3) is 0.348. The molecule has 1 saturated carbocycles. The second-order valence-electron chi connectivity index (χ2n) is 7.55. The van der Waals surface area contributed by atoms with Crippen molar-refractivity contribution in [3.63, 3.8) is 0 Å². The van der Waals surface area contributed by atoms with Crippen LogP contribution in [0.25, 0.3) is 16.5 Å². The predicted molar refractivity (Wildman–Crippen MR) is 115 cm³/mol. The molecule has 0 radical (unpaired) electrons. The maximum Gasteiger partial charge on any atom is 0.219 e. The van der Waals surface area contributed by atoms with Crippen molar-refractivity contribution in [1.82, 2.24) is 5.32 Å². The molecule has 2 aromatic rings. The van der Waals surface area contributed by atoms with Gasteiger partial charge in [-0.1, -0.05) is 43.5 Å². The second-order valence-corrected chi connectivity index (χ2v) is 8.89. The van der Waals surface area contributed by atoms with E-state index in [1.165, 1.54) is 37.0 Å². The van der Waals surface area contributed by atoms with Crippen LogP contribution < -0.4 is 11.1 Å². The van der Waals surface area contributed by atoms with E-state index in [9.17, 15) is 14.9 Å². The van der Waals surface area contributed by atoms with Crippen LogP contribution in [0.15, 0.2) is 40.8 Å². The number of hydrogen-bond acceptors (Lipinski definition) is 5. The van der Waals surface area contributed by atoms with Crippen molar-refractivity contribution in [3.8, 4) is 6.07 Å². The molecule has 3 N–H and O–H groups in total. The molecule has 1 amide bonds. The third-order valence-electron chi connectivity index (χ3n) is 5.62. The molecule has 0 aromatic heterocycles. The van der Waals surface area contributed by atoms with Crippen LogP contribution in [0.3, 0.4) is 0 Å². The van der Waals surface area contributed by atoms with Gasteiger partial charge in [-0.25, -0.2) is 0 Å². The number of ketones is 1. The average Bonchev–Trinajstić information content (AvgIpc) is 2.73. The van der Waals surface area contributed by atoms with Crippen molar-refractivity contribution in [2.24, 2.45) is 5.73 Å². The summed E-state index contributed by atoms with van der Waals surface area (Å²) in [6, 6.07) is 11.9. The summed E-state index contributed by atoms with van der Waals surface area (Å²) in [6.45, 7) is 0.283. The molecule has 29 heavy (non-hydrogen) atoms. The Morgan fingerprint density at radius 2 is 1.97 bits per heavy atom. The molecule has 0 atom stereocenters. The van der Waals surface area contributed by atoms with Gasteiger partial charge in [-0.15, -0.1) is 11.8 Å². The number of benzene rings is 2. The number of hydrogen-bond donors (Lipinski definition) is 2. The monoisotopic (exact) mass is 405 g/mol. The van der Waals surface area contributed by atoms with Gasteiger partial charge in [-0.3, -0.25) is 9.59 Å². The topological polar surface area (TPSA) is 96.0 Å².